The first-order valence-electron chi connectivity index (χ1n) is 9.50. The maximum Gasteiger partial charge on any atom is 0.224 e. The summed E-state index contributed by atoms with van der Waals surface area (Å²) in [5, 5.41) is 3.07. The first kappa shape index (κ1) is 19.1. The number of fused-ring (bicyclic) bond motifs is 1. The van der Waals surface area contributed by atoms with Crippen LogP contribution in [0.4, 0.5) is 11.4 Å². The van der Waals surface area contributed by atoms with Crippen molar-refractivity contribution >= 4 is 33.2 Å². The Morgan fingerprint density at radius 1 is 1.00 bits per heavy atom. The van der Waals surface area contributed by atoms with Crippen LogP contribution in [-0.4, -0.2) is 45.4 Å². The van der Waals surface area contributed by atoms with Crippen LogP contribution in [0.1, 0.15) is 12.0 Å². The minimum Gasteiger partial charge on any atom is -0.486 e. The smallest absolute Gasteiger partial charge is 0.224 e. The molecule has 148 valence electrons. The minimum absolute atomic E-state index is 0.0116. The molecule has 0 spiro atoms. The number of carbonyl (C=O) groups is 1. The second-order valence-corrected chi connectivity index (χ2v) is 7.70. The number of hydrogen-bond acceptors (Lipinski definition) is 5. The Balaban J connectivity index is 1.40. The second kappa shape index (κ2) is 8.84. The molecule has 0 aromatic heterocycles. The molecular weight excluding hydrogens is 424 g/mol. The normalized spacial score (nSPS) is 16.0. The Bertz CT molecular complexity index is 852. The van der Waals surface area contributed by atoms with Crippen LogP contribution < -0.4 is 19.7 Å². The van der Waals surface area contributed by atoms with Crippen LogP contribution in [0.5, 0.6) is 11.5 Å². The lowest BCUT2D eigenvalue weighted by Gasteiger charge is -2.30. The number of morpholine rings is 1. The maximum atomic E-state index is 12.6. The number of halogens is 1. The molecule has 0 saturated carbocycles. The monoisotopic (exact) mass is 446 g/mol. The molecule has 6 nitrogen and oxygen atoms in total. The lowest BCUT2D eigenvalue weighted by atomic mass is 10.1. The van der Waals surface area contributed by atoms with E-state index in [-0.39, 0.29) is 5.91 Å². The first-order valence-corrected chi connectivity index (χ1v) is 10.3. The van der Waals surface area contributed by atoms with E-state index >= 15 is 0 Å². The second-order valence-electron chi connectivity index (χ2n) is 6.79. The van der Waals surface area contributed by atoms with Crippen LogP contribution in [0.3, 0.4) is 0 Å². The largest absolute Gasteiger partial charge is 0.486 e. The Morgan fingerprint density at radius 3 is 2.61 bits per heavy atom. The SMILES string of the molecule is O=C(CCc1ccc2c(c1)OCCO2)Nc1cc(Br)ccc1N1CCOCC1. The number of rotatable bonds is 5. The van der Waals surface area contributed by atoms with E-state index in [2.05, 4.69) is 26.1 Å². The Morgan fingerprint density at radius 2 is 1.79 bits per heavy atom. The van der Waals surface area contributed by atoms with Gasteiger partial charge in [-0.25, -0.2) is 0 Å². The van der Waals surface area contributed by atoms with Crippen LogP contribution in [-0.2, 0) is 16.0 Å². The van der Waals surface area contributed by atoms with Crippen molar-refractivity contribution in [3.8, 4) is 11.5 Å². The Kier molecular flexibility index (Phi) is 6.02. The fourth-order valence-corrected chi connectivity index (χ4v) is 3.76. The van der Waals surface area contributed by atoms with Crippen LogP contribution in [0.15, 0.2) is 40.9 Å². The fourth-order valence-electron chi connectivity index (χ4n) is 3.40. The average Bonchev–Trinajstić information content (AvgIpc) is 2.73. The van der Waals surface area contributed by atoms with Crippen molar-refractivity contribution in [1.82, 2.24) is 0 Å². The van der Waals surface area contributed by atoms with Gasteiger partial charge in [0.25, 0.3) is 0 Å². The van der Waals surface area contributed by atoms with E-state index in [4.69, 9.17) is 14.2 Å². The maximum absolute atomic E-state index is 12.6. The van der Waals surface area contributed by atoms with Gasteiger partial charge in [0, 0.05) is 24.0 Å². The molecule has 0 radical (unpaired) electrons. The molecule has 2 aromatic rings. The molecule has 0 unspecified atom stereocenters. The summed E-state index contributed by atoms with van der Waals surface area (Å²) in [6.07, 6.45) is 1.04. The molecule has 1 fully saturated rings. The molecule has 28 heavy (non-hydrogen) atoms. The highest BCUT2D eigenvalue weighted by atomic mass is 79.9. The average molecular weight is 447 g/mol. The van der Waals surface area contributed by atoms with E-state index in [1.165, 1.54) is 0 Å². The molecule has 1 N–H and O–H groups in total. The number of amides is 1. The van der Waals surface area contributed by atoms with Crippen molar-refractivity contribution in [3.63, 3.8) is 0 Å². The molecule has 2 aliphatic rings. The predicted octanol–water partition coefficient (Wildman–Crippen LogP) is 3.63. The number of hydrogen-bond donors (Lipinski definition) is 1. The van der Waals surface area contributed by atoms with Gasteiger partial charge >= 0.3 is 0 Å². The highest BCUT2D eigenvalue weighted by Gasteiger charge is 2.17. The third kappa shape index (κ3) is 4.59. The number of nitrogens with one attached hydrogen (secondary N) is 1. The van der Waals surface area contributed by atoms with Crippen LogP contribution in [0.2, 0.25) is 0 Å². The van der Waals surface area contributed by atoms with E-state index < -0.39 is 0 Å². The van der Waals surface area contributed by atoms with E-state index in [0.717, 1.165) is 46.0 Å². The van der Waals surface area contributed by atoms with Crippen molar-refractivity contribution in [2.45, 2.75) is 12.8 Å². The summed E-state index contributed by atoms with van der Waals surface area (Å²) >= 11 is 3.50. The lowest BCUT2D eigenvalue weighted by molar-refractivity contribution is -0.116. The summed E-state index contributed by atoms with van der Waals surface area (Å²) in [5.74, 6) is 1.51. The van der Waals surface area contributed by atoms with E-state index in [1.807, 2.05) is 36.4 Å². The summed E-state index contributed by atoms with van der Waals surface area (Å²) in [6, 6.07) is 11.8. The van der Waals surface area contributed by atoms with Gasteiger partial charge in [0.15, 0.2) is 11.5 Å². The zero-order valence-corrected chi connectivity index (χ0v) is 17.2. The van der Waals surface area contributed by atoms with E-state index in [0.29, 0.717) is 39.3 Å². The van der Waals surface area contributed by atoms with E-state index in [1.54, 1.807) is 0 Å². The highest BCUT2D eigenvalue weighted by Crippen LogP contribution is 2.32. The van der Waals surface area contributed by atoms with Gasteiger partial charge in [-0.15, -0.1) is 0 Å². The van der Waals surface area contributed by atoms with Gasteiger partial charge in [-0.05, 0) is 42.3 Å². The van der Waals surface area contributed by atoms with E-state index in [9.17, 15) is 4.79 Å². The van der Waals surface area contributed by atoms with Crippen molar-refractivity contribution in [1.29, 1.82) is 0 Å². The quantitative estimate of drug-likeness (QED) is 0.759. The number of carbonyl (C=O) groups excluding carboxylic acids is 1. The minimum atomic E-state index is -0.0116. The number of nitrogens with zero attached hydrogens (tertiary/aromatic N) is 1. The van der Waals surface area contributed by atoms with Gasteiger partial charge in [-0.2, -0.15) is 0 Å². The molecule has 1 amide bonds. The molecular formula is C21H23BrN2O4. The summed E-state index contributed by atoms with van der Waals surface area (Å²) in [4.78, 5) is 14.8. The van der Waals surface area contributed by atoms with Gasteiger partial charge in [-0.1, -0.05) is 22.0 Å². The van der Waals surface area contributed by atoms with Gasteiger partial charge < -0.3 is 24.4 Å². The van der Waals surface area contributed by atoms with Crippen LogP contribution in [0, 0.1) is 0 Å². The number of benzene rings is 2. The summed E-state index contributed by atoms with van der Waals surface area (Å²) < 4.78 is 17.5. The zero-order chi connectivity index (χ0) is 19.3. The molecule has 2 heterocycles. The third-order valence-corrected chi connectivity index (χ3v) is 5.33. The molecule has 2 aliphatic heterocycles. The summed E-state index contributed by atoms with van der Waals surface area (Å²) in [6.45, 7) is 4.18. The third-order valence-electron chi connectivity index (χ3n) is 4.83. The molecule has 2 aromatic carbocycles. The Labute approximate surface area is 172 Å². The van der Waals surface area contributed by atoms with Crippen molar-refractivity contribution in [2.75, 3.05) is 49.7 Å². The van der Waals surface area contributed by atoms with Crippen molar-refractivity contribution in [3.05, 3.63) is 46.4 Å². The number of anilines is 2. The van der Waals surface area contributed by atoms with Gasteiger partial charge in [-0.3, -0.25) is 4.79 Å². The molecule has 0 atom stereocenters. The lowest BCUT2D eigenvalue weighted by Crippen LogP contribution is -2.36. The topological polar surface area (TPSA) is 60.0 Å². The van der Waals surface area contributed by atoms with Gasteiger partial charge in [0.2, 0.25) is 5.91 Å². The van der Waals surface area contributed by atoms with Crippen LogP contribution in [0.25, 0.3) is 0 Å². The summed E-state index contributed by atoms with van der Waals surface area (Å²) in [5.41, 5.74) is 2.91. The molecule has 4 rings (SSSR count). The van der Waals surface area contributed by atoms with Crippen molar-refractivity contribution < 1.29 is 19.0 Å². The van der Waals surface area contributed by atoms with Crippen molar-refractivity contribution in [2.24, 2.45) is 0 Å². The molecule has 0 bridgehead atoms. The fraction of sp³-hybridized carbons (Fsp3) is 0.381. The Hall–Kier alpha value is -2.25. The number of aryl methyl sites for hydroxylation is 1. The van der Waals surface area contributed by atoms with Gasteiger partial charge in [0.1, 0.15) is 13.2 Å². The molecule has 1 saturated heterocycles. The van der Waals surface area contributed by atoms with Gasteiger partial charge in [0.05, 0.1) is 24.6 Å². The molecule has 0 aliphatic carbocycles. The van der Waals surface area contributed by atoms with Crippen LogP contribution >= 0.6 is 15.9 Å². The predicted molar refractivity (Wildman–Crippen MR) is 112 cm³/mol. The summed E-state index contributed by atoms with van der Waals surface area (Å²) in [7, 11) is 0. The first-order chi connectivity index (χ1) is 13.7. The zero-order valence-electron chi connectivity index (χ0n) is 15.6. The molecule has 7 heteroatoms. The highest BCUT2D eigenvalue weighted by molar-refractivity contribution is 9.10. The standard InChI is InChI=1S/C21H23BrN2O4/c22-16-3-4-18(24-7-9-26-10-8-24)17(14-16)23-21(25)6-2-15-1-5-19-20(13-15)28-12-11-27-19/h1,3-5,13-14H,2,6-12H2,(H,23,25). The number of ether oxygens (including phenoxy) is 3.